The zero-order valence-corrected chi connectivity index (χ0v) is 9.71. The van der Waals surface area contributed by atoms with Crippen molar-refractivity contribution >= 4 is 28.6 Å². The summed E-state index contributed by atoms with van der Waals surface area (Å²) in [6, 6.07) is 0. The molecule has 0 radical (unpaired) electrons. The van der Waals surface area contributed by atoms with E-state index in [1.165, 1.54) is 0 Å². The smallest absolute Gasteiger partial charge is 0.359 e. The number of hydrogen-bond donors (Lipinski definition) is 1. The van der Waals surface area contributed by atoms with E-state index in [2.05, 4.69) is 32.8 Å². The number of aromatic nitrogens is 2. The fourth-order valence-electron chi connectivity index (χ4n) is 0.933. The first kappa shape index (κ1) is 10.5. The molecule has 0 saturated carbocycles. The molecule has 0 saturated heterocycles. The summed E-state index contributed by atoms with van der Waals surface area (Å²) in [5, 5.41) is 6.70. The fraction of sp³-hybridized carbons (Fsp3) is 0.500. The molecule has 0 aromatic carbocycles. The maximum absolute atomic E-state index is 11.3. The van der Waals surface area contributed by atoms with Gasteiger partial charge in [-0.05, 0) is 35.9 Å². The van der Waals surface area contributed by atoms with E-state index in [9.17, 15) is 4.79 Å². The quantitative estimate of drug-likeness (QED) is 0.682. The van der Waals surface area contributed by atoms with Crippen molar-refractivity contribution in [1.29, 1.82) is 0 Å². The topological polar surface area (TPSA) is 55.0 Å². The highest BCUT2D eigenvalue weighted by atomic mass is 127. The predicted molar refractivity (Wildman–Crippen MR) is 56.6 cm³/mol. The molecule has 1 aromatic rings. The monoisotopic (exact) mass is 294 g/mol. The molecule has 0 spiro atoms. The Morgan fingerprint density at radius 2 is 2.31 bits per heavy atom. The summed E-state index contributed by atoms with van der Waals surface area (Å²) >= 11 is 2.10. The second-order valence-electron chi connectivity index (χ2n) is 2.44. The molecule has 1 aromatic heterocycles. The number of carbonyl (C=O) groups is 1. The standard InChI is InChI=1S/C8H11IN2O2/c1-3-5-6(9)7(11-10-5)8(12)13-4-2/h3-4H2,1-2H3,(H,10,11). The summed E-state index contributed by atoms with van der Waals surface area (Å²) in [7, 11) is 0. The van der Waals surface area contributed by atoms with E-state index in [1.54, 1.807) is 6.92 Å². The lowest BCUT2D eigenvalue weighted by Crippen LogP contribution is -2.06. The van der Waals surface area contributed by atoms with Crippen molar-refractivity contribution in [2.45, 2.75) is 20.3 Å². The molecule has 0 aliphatic carbocycles. The number of aryl methyl sites for hydroxylation is 1. The van der Waals surface area contributed by atoms with Crippen molar-refractivity contribution in [2.24, 2.45) is 0 Å². The first-order valence-corrected chi connectivity index (χ1v) is 5.18. The summed E-state index contributed by atoms with van der Waals surface area (Å²) in [6.45, 7) is 4.16. The molecule has 0 amide bonds. The zero-order valence-electron chi connectivity index (χ0n) is 7.56. The Morgan fingerprint density at radius 1 is 1.62 bits per heavy atom. The van der Waals surface area contributed by atoms with Gasteiger partial charge >= 0.3 is 5.97 Å². The highest BCUT2D eigenvalue weighted by Gasteiger charge is 2.17. The maximum Gasteiger partial charge on any atom is 0.359 e. The second kappa shape index (κ2) is 4.59. The van der Waals surface area contributed by atoms with Crippen LogP contribution in [0, 0.1) is 3.57 Å². The molecule has 5 heteroatoms. The Bertz CT molecular complexity index is 309. The third kappa shape index (κ3) is 2.20. The number of ether oxygens (including phenoxy) is 1. The van der Waals surface area contributed by atoms with Crippen molar-refractivity contribution in [2.75, 3.05) is 6.61 Å². The fourth-order valence-corrected chi connectivity index (χ4v) is 1.78. The lowest BCUT2D eigenvalue weighted by atomic mass is 10.3. The van der Waals surface area contributed by atoms with Gasteiger partial charge in [0.2, 0.25) is 0 Å². The van der Waals surface area contributed by atoms with Crippen LogP contribution in [0.15, 0.2) is 0 Å². The van der Waals surface area contributed by atoms with Crippen molar-refractivity contribution in [1.82, 2.24) is 10.2 Å². The molecule has 72 valence electrons. The van der Waals surface area contributed by atoms with Crippen LogP contribution in [0.25, 0.3) is 0 Å². The second-order valence-corrected chi connectivity index (χ2v) is 3.52. The average Bonchev–Trinajstić information content (AvgIpc) is 2.47. The number of carbonyl (C=O) groups excluding carboxylic acids is 1. The summed E-state index contributed by atoms with van der Waals surface area (Å²) in [5.41, 5.74) is 1.36. The van der Waals surface area contributed by atoms with Crippen LogP contribution in [0.3, 0.4) is 0 Å². The minimum absolute atomic E-state index is 0.358. The lowest BCUT2D eigenvalue weighted by Gasteiger charge is -1.97. The SMILES string of the molecule is CCOC(=O)c1n[nH]c(CC)c1I. The van der Waals surface area contributed by atoms with E-state index in [0.29, 0.717) is 12.3 Å². The molecule has 0 unspecified atom stereocenters. The van der Waals surface area contributed by atoms with E-state index >= 15 is 0 Å². The lowest BCUT2D eigenvalue weighted by molar-refractivity contribution is 0.0518. The van der Waals surface area contributed by atoms with Gasteiger partial charge in [0.15, 0.2) is 5.69 Å². The van der Waals surface area contributed by atoms with Crippen LogP contribution in [0.5, 0.6) is 0 Å². The first-order chi connectivity index (χ1) is 6.20. The van der Waals surface area contributed by atoms with Gasteiger partial charge in [0.1, 0.15) is 0 Å². The predicted octanol–water partition coefficient (Wildman–Crippen LogP) is 1.75. The van der Waals surface area contributed by atoms with Crippen molar-refractivity contribution in [3.05, 3.63) is 15.0 Å². The van der Waals surface area contributed by atoms with Gasteiger partial charge in [-0.3, -0.25) is 5.10 Å². The summed E-state index contributed by atoms with van der Waals surface area (Å²) in [6.07, 6.45) is 0.838. The molecular formula is C8H11IN2O2. The Hall–Kier alpha value is -0.590. The third-order valence-corrected chi connectivity index (χ3v) is 2.76. The first-order valence-electron chi connectivity index (χ1n) is 4.10. The Balaban J connectivity index is 2.89. The van der Waals surface area contributed by atoms with Crippen LogP contribution in [-0.2, 0) is 11.2 Å². The van der Waals surface area contributed by atoms with Crippen LogP contribution in [-0.4, -0.2) is 22.8 Å². The van der Waals surface area contributed by atoms with Crippen LogP contribution in [0.2, 0.25) is 0 Å². The van der Waals surface area contributed by atoms with E-state index in [-0.39, 0.29) is 5.97 Å². The van der Waals surface area contributed by atoms with Crippen LogP contribution in [0.4, 0.5) is 0 Å². The Kier molecular flexibility index (Phi) is 3.71. The van der Waals surface area contributed by atoms with Gasteiger partial charge in [-0.15, -0.1) is 0 Å². The average molecular weight is 294 g/mol. The van der Waals surface area contributed by atoms with Crippen molar-refractivity contribution in [3.8, 4) is 0 Å². The number of nitrogens with zero attached hydrogens (tertiary/aromatic N) is 1. The van der Waals surface area contributed by atoms with E-state index in [4.69, 9.17) is 4.74 Å². The van der Waals surface area contributed by atoms with Gasteiger partial charge in [0.05, 0.1) is 10.2 Å². The summed E-state index contributed by atoms with van der Waals surface area (Å²) in [4.78, 5) is 11.3. The molecule has 0 fully saturated rings. The van der Waals surface area contributed by atoms with Gasteiger partial charge in [0.25, 0.3) is 0 Å². The highest BCUT2D eigenvalue weighted by Crippen LogP contribution is 2.15. The minimum Gasteiger partial charge on any atom is -0.461 e. The van der Waals surface area contributed by atoms with Crippen LogP contribution < -0.4 is 0 Å². The van der Waals surface area contributed by atoms with Gasteiger partial charge in [-0.2, -0.15) is 5.10 Å². The largest absolute Gasteiger partial charge is 0.461 e. The number of hydrogen-bond acceptors (Lipinski definition) is 3. The third-order valence-electron chi connectivity index (χ3n) is 1.60. The Labute approximate surface area is 90.2 Å². The van der Waals surface area contributed by atoms with Crippen molar-refractivity contribution < 1.29 is 9.53 Å². The molecule has 4 nitrogen and oxygen atoms in total. The number of aromatic amines is 1. The molecule has 1 heterocycles. The van der Waals surface area contributed by atoms with Crippen LogP contribution in [0.1, 0.15) is 30.0 Å². The van der Waals surface area contributed by atoms with Gasteiger partial charge in [0, 0.05) is 5.69 Å². The molecule has 0 bridgehead atoms. The van der Waals surface area contributed by atoms with Gasteiger partial charge < -0.3 is 4.74 Å². The summed E-state index contributed by atoms with van der Waals surface area (Å²) < 4.78 is 5.70. The zero-order chi connectivity index (χ0) is 9.84. The molecule has 0 atom stereocenters. The molecule has 0 aliphatic heterocycles. The maximum atomic E-state index is 11.3. The number of halogens is 1. The number of nitrogens with one attached hydrogen (secondary N) is 1. The summed E-state index contributed by atoms with van der Waals surface area (Å²) in [5.74, 6) is -0.358. The van der Waals surface area contributed by atoms with Crippen molar-refractivity contribution in [3.63, 3.8) is 0 Å². The van der Waals surface area contributed by atoms with E-state index in [0.717, 1.165) is 15.7 Å². The molecule has 13 heavy (non-hydrogen) atoms. The Morgan fingerprint density at radius 3 is 2.77 bits per heavy atom. The highest BCUT2D eigenvalue weighted by molar-refractivity contribution is 14.1. The van der Waals surface area contributed by atoms with Gasteiger partial charge in [-0.25, -0.2) is 4.79 Å². The van der Waals surface area contributed by atoms with Gasteiger partial charge in [-0.1, -0.05) is 6.92 Å². The number of rotatable bonds is 3. The van der Waals surface area contributed by atoms with E-state index < -0.39 is 0 Å². The normalized spacial score (nSPS) is 10.1. The van der Waals surface area contributed by atoms with E-state index in [1.807, 2.05) is 6.92 Å². The molecule has 1 rings (SSSR count). The number of esters is 1. The minimum atomic E-state index is -0.358. The van der Waals surface area contributed by atoms with Crippen LogP contribution >= 0.6 is 22.6 Å². The number of H-pyrrole nitrogens is 1. The molecule has 1 N–H and O–H groups in total. The molecular weight excluding hydrogens is 283 g/mol. The molecule has 0 aliphatic rings.